The average molecular weight is 730 g/mol. The quantitative estimate of drug-likeness (QED) is 0.175. The number of anilines is 3. The van der Waals surface area contributed by atoms with Gasteiger partial charge in [-0.05, 0) is 103 Å². The summed E-state index contributed by atoms with van der Waals surface area (Å²) < 4.78 is 7.37. The van der Waals surface area contributed by atoms with Crippen LogP contribution in [0.5, 0.6) is 11.5 Å². The van der Waals surface area contributed by atoms with Crippen LogP contribution in [0, 0.1) is 0 Å². The van der Waals surface area contributed by atoms with Gasteiger partial charge in [0.25, 0.3) is 0 Å². The molecule has 0 saturated carbocycles. The molecule has 0 saturated heterocycles. The summed E-state index contributed by atoms with van der Waals surface area (Å²) in [5.41, 5.74) is 17.4. The topological polar surface area (TPSA) is 12.5 Å². The summed E-state index contributed by atoms with van der Waals surface area (Å²) in [6, 6.07) is 72.5. The van der Waals surface area contributed by atoms with E-state index in [0.29, 0.717) is 0 Å². The Hall–Kier alpha value is -7.16. The smallest absolute Gasteiger partial charge is 0.159 e. The van der Waals surface area contributed by atoms with Crippen molar-refractivity contribution in [2.75, 3.05) is 4.90 Å². The molecule has 0 fully saturated rings. The third kappa shape index (κ3) is 5.33. The lowest BCUT2D eigenvalue weighted by Gasteiger charge is -2.30. The maximum atomic E-state index is 7.37. The predicted molar refractivity (Wildman–Crippen MR) is 238 cm³/mol. The fourth-order valence-corrected chi connectivity index (χ4v) is 9.25. The fourth-order valence-electron chi connectivity index (χ4n) is 9.25. The average Bonchev–Trinajstić information content (AvgIpc) is 3.39. The summed E-state index contributed by atoms with van der Waals surface area (Å²) in [7, 11) is 0. The molecule has 2 nitrogen and oxygen atoms in total. The first-order chi connectivity index (χ1) is 28.0. The molecule has 0 radical (unpaired) electrons. The maximum Gasteiger partial charge on any atom is 0.159 e. The van der Waals surface area contributed by atoms with E-state index in [1.165, 1.54) is 55.5 Å². The highest BCUT2D eigenvalue weighted by Crippen LogP contribution is 2.56. The summed E-state index contributed by atoms with van der Waals surface area (Å²) in [6.45, 7) is 4.70. The molecular weight excluding hydrogens is 691 g/mol. The Kier molecular flexibility index (Phi) is 7.55. The van der Waals surface area contributed by atoms with E-state index < -0.39 is 0 Å². The monoisotopic (exact) mass is 729 g/mol. The zero-order valence-corrected chi connectivity index (χ0v) is 31.9. The Labute approximate surface area is 333 Å². The lowest BCUT2D eigenvalue weighted by molar-refractivity contribution is 0.489. The van der Waals surface area contributed by atoms with E-state index in [0.717, 1.165) is 50.6 Å². The van der Waals surface area contributed by atoms with Crippen molar-refractivity contribution < 1.29 is 4.74 Å². The molecule has 0 spiro atoms. The molecule has 1 heterocycles. The molecule has 0 aromatic heterocycles. The summed E-state index contributed by atoms with van der Waals surface area (Å²) in [5.74, 6) is 1.67. The first kappa shape index (κ1) is 33.2. The molecule has 2 aliphatic rings. The van der Waals surface area contributed by atoms with E-state index in [1.807, 2.05) is 0 Å². The summed E-state index contributed by atoms with van der Waals surface area (Å²) in [4.78, 5) is 2.39. The van der Waals surface area contributed by atoms with E-state index in [1.54, 1.807) is 0 Å². The molecule has 9 aromatic rings. The minimum Gasteiger partial charge on any atom is -0.454 e. The molecule has 57 heavy (non-hydrogen) atoms. The Morgan fingerprint density at radius 1 is 0.386 bits per heavy atom. The van der Waals surface area contributed by atoms with Crippen LogP contribution in [0.2, 0.25) is 0 Å². The van der Waals surface area contributed by atoms with Gasteiger partial charge in [-0.3, -0.25) is 0 Å². The Morgan fingerprint density at radius 3 is 1.75 bits per heavy atom. The molecule has 1 aliphatic heterocycles. The van der Waals surface area contributed by atoms with Gasteiger partial charge in [-0.25, -0.2) is 0 Å². The maximum absolute atomic E-state index is 7.37. The molecule has 9 aromatic carbocycles. The van der Waals surface area contributed by atoms with E-state index in [2.05, 4.69) is 219 Å². The highest BCUT2D eigenvalue weighted by molar-refractivity contribution is 6.04. The standard InChI is InChI=1S/C55H39NO/c1-55(2)49-25-12-11-21-44(49)45-32-31-42(35-50(45)55)56(41-29-27-37(28-30-41)36-15-5-3-6-16-36)51-26-14-24-47-53-43(38-17-7-4-8-18-38)22-13-23-46(53)48-33-39-19-9-10-20-40(39)34-52(48)57-54(47)51/h3-35H,1-2H3. The van der Waals surface area contributed by atoms with E-state index >= 15 is 0 Å². The van der Waals surface area contributed by atoms with Crippen molar-refractivity contribution >= 4 is 27.8 Å². The number of benzene rings is 9. The summed E-state index contributed by atoms with van der Waals surface area (Å²) in [6.07, 6.45) is 0. The van der Waals surface area contributed by atoms with Gasteiger partial charge in [-0.15, -0.1) is 0 Å². The molecular formula is C55H39NO. The van der Waals surface area contributed by atoms with Crippen LogP contribution in [0.25, 0.3) is 66.4 Å². The number of ether oxygens (including phenoxy) is 1. The first-order valence-electron chi connectivity index (χ1n) is 19.8. The molecule has 270 valence electrons. The van der Waals surface area contributed by atoms with Crippen LogP contribution in [-0.2, 0) is 5.41 Å². The summed E-state index contributed by atoms with van der Waals surface area (Å²) >= 11 is 0. The molecule has 0 atom stereocenters. The molecule has 1 aliphatic carbocycles. The number of fused-ring (bicyclic) bond motifs is 9. The Morgan fingerprint density at radius 2 is 0.965 bits per heavy atom. The van der Waals surface area contributed by atoms with Gasteiger partial charge in [0.2, 0.25) is 0 Å². The van der Waals surface area contributed by atoms with Gasteiger partial charge < -0.3 is 9.64 Å². The van der Waals surface area contributed by atoms with E-state index in [4.69, 9.17) is 4.74 Å². The minimum absolute atomic E-state index is 0.154. The second kappa shape index (κ2) is 13.0. The van der Waals surface area contributed by atoms with Crippen LogP contribution in [0.3, 0.4) is 0 Å². The van der Waals surface area contributed by atoms with Gasteiger partial charge in [0.05, 0.1) is 5.69 Å². The van der Waals surface area contributed by atoms with Crippen molar-refractivity contribution in [2.24, 2.45) is 0 Å². The van der Waals surface area contributed by atoms with Crippen molar-refractivity contribution in [1.29, 1.82) is 0 Å². The lowest BCUT2D eigenvalue weighted by atomic mass is 9.82. The van der Waals surface area contributed by atoms with Gasteiger partial charge in [0, 0.05) is 33.5 Å². The minimum atomic E-state index is -0.154. The van der Waals surface area contributed by atoms with Crippen LogP contribution < -0.4 is 9.64 Å². The van der Waals surface area contributed by atoms with Crippen LogP contribution in [0.4, 0.5) is 17.1 Å². The van der Waals surface area contributed by atoms with Crippen molar-refractivity contribution in [3.63, 3.8) is 0 Å². The summed E-state index contributed by atoms with van der Waals surface area (Å²) in [5, 5.41) is 2.33. The third-order valence-electron chi connectivity index (χ3n) is 12.1. The molecule has 2 heteroatoms. The highest BCUT2D eigenvalue weighted by Gasteiger charge is 2.36. The van der Waals surface area contributed by atoms with Crippen LogP contribution >= 0.6 is 0 Å². The van der Waals surface area contributed by atoms with Gasteiger partial charge in [-0.1, -0.05) is 172 Å². The van der Waals surface area contributed by atoms with Crippen LogP contribution in [-0.4, -0.2) is 0 Å². The normalized spacial score (nSPS) is 13.0. The molecule has 0 N–H and O–H groups in total. The van der Waals surface area contributed by atoms with Gasteiger partial charge >= 0.3 is 0 Å². The molecule has 0 bridgehead atoms. The van der Waals surface area contributed by atoms with E-state index in [9.17, 15) is 0 Å². The number of hydrogen-bond acceptors (Lipinski definition) is 2. The Balaban J connectivity index is 1.18. The van der Waals surface area contributed by atoms with Gasteiger partial charge in [0.15, 0.2) is 5.75 Å². The second-order valence-electron chi connectivity index (χ2n) is 15.7. The number of rotatable bonds is 5. The number of para-hydroxylation sites is 1. The zero-order chi connectivity index (χ0) is 38.1. The molecule has 0 unspecified atom stereocenters. The van der Waals surface area contributed by atoms with E-state index in [-0.39, 0.29) is 5.41 Å². The number of nitrogens with zero attached hydrogens (tertiary/aromatic N) is 1. The second-order valence-corrected chi connectivity index (χ2v) is 15.7. The number of hydrogen-bond donors (Lipinski definition) is 0. The third-order valence-corrected chi connectivity index (χ3v) is 12.1. The fraction of sp³-hybridized carbons (Fsp3) is 0.0545. The van der Waals surface area contributed by atoms with Crippen LogP contribution in [0.15, 0.2) is 200 Å². The predicted octanol–water partition coefficient (Wildman–Crippen LogP) is 15.4. The zero-order valence-electron chi connectivity index (χ0n) is 31.9. The van der Waals surface area contributed by atoms with Gasteiger partial charge in [0.1, 0.15) is 5.75 Å². The molecule has 11 rings (SSSR count). The van der Waals surface area contributed by atoms with Crippen molar-refractivity contribution in [2.45, 2.75) is 19.3 Å². The largest absolute Gasteiger partial charge is 0.454 e. The van der Waals surface area contributed by atoms with Crippen molar-refractivity contribution in [3.8, 4) is 67.1 Å². The first-order valence-corrected chi connectivity index (χ1v) is 19.8. The van der Waals surface area contributed by atoms with Crippen molar-refractivity contribution in [1.82, 2.24) is 0 Å². The van der Waals surface area contributed by atoms with Crippen LogP contribution in [0.1, 0.15) is 25.0 Å². The highest BCUT2D eigenvalue weighted by atomic mass is 16.5. The molecule has 0 amide bonds. The van der Waals surface area contributed by atoms with Gasteiger partial charge in [-0.2, -0.15) is 0 Å². The SMILES string of the molecule is CC1(C)c2ccccc2-c2ccc(N(c3ccc(-c4ccccc4)cc3)c3cccc4c3Oc3cc5ccccc5cc3-c3cccc(-c5ccccc5)c3-4)cc21. The Bertz CT molecular complexity index is 3000. The lowest BCUT2D eigenvalue weighted by Crippen LogP contribution is -2.17. The van der Waals surface area contributed by atoms with Crippen molar-refractivity contribution in [3.05, 3.63) is 211 Å².